The molecular weight excluding hydrogens is 316 g/mol. The highest BCUT2D eigenvalue weighted by Gasteiger charge is 2.13. The Morgan fingerprint density at radius 2 is 1.72 bits per heavy atom. The van der Waals surface area contributed by atoms with Gasteiger partial charge in [-0.05, 0) is 50.1 Å². The molecule has 0 saturated carbocycles. The molecule has 0 aromatic heterocycles. The van der Waals surface area contributed by atoms with E-state index in [0.29, 0.717) is 30.8 Å². The third kappa shape index (κ3) is 5.08. The van der Waals surface area contributed by atoms with Crippen molar-refractivity contribution < 1.29 is 14.3 Å². The van der Waals surface area contributed by atoms with Crippen molar-refractivity contribution in [3.05, 3.63) is 59.2 Å². The van der Waals surface area contributed by atoms with Gasteiger partial charge < -0.3 is 15.4 Å². The maximum atomic E-state index is 12.2. The number of carbonyl (C=O) groups excluding carboxylic acids is 2. The van der Waals surface area contributed by atoms with E-state index in [1.807, 2.05) is 19.1 Å². The van der Waals surface area contributed by atoms with Gasteiger partial charge in [0.15, 0.2) is 0 Å². The summed E-state index contributed by atoms with van der Waals surface area (Å²) in [6, 6.07) is 12.9. The zero-order valence-electron chi connectivity index (χ0n) is 14.9. The van der Waals surface area contributed by atoms with Crippen LogP contribution in [0, 0.1) is 13.8 Å². The molecule has 5 heteroatoms. The number of benzene rings is 2. The van der Waals surface area contributed by atoms with Crippen LogP contribution >= 0.6 is 0 Å². The van der Waals surface area contributed by atoms with E-state index >= 15 is 0 Å². The first-order valence-corrected chi connectivity index (χ1v) is 8.39. The fourth-order valence-corrected chi connectivity index (χ4v) is 2.44. The summed E-state index contributed by atoms with van der Waals surface area (Å²) in [6.07, 6.45) is 0.296. The summed E-state index contributed by atoms with van der Waals surface area (Å²) < 4.78 is 5.01. The maximum absolute atomic E-state index is 12.2. The number of carbonyl (C=O) groups is 2. The smallest absolute Gasteiger partial charge is 0.340 e. The minimum atomic E-state index is -0.438. The number of amides is 1. The van der Waals surface area contributed by atoms with Crippen molar-refractivity contribution in [2.45, 2.75) is 27.2 Å². The maximum Gasteiger partial charge on any atom is 0.340 e. The van der Waals surface area contributed by atoms with Gasteiger partial charge in [0.2, 0.25) is 5.91 Å². The second-order valence-electron chi connectivity index (χ2n) is 5.74. The number of aryl methyl sites for hydroxylation is 1. The van der Waals surface area contributed by atoms with Gasteiger partial charge in [-0.2, -0.15) is 0 Å². The summed E-state index contributed by atoms with van der Waals surface area (Å²) in [7, 11) is 0. The average molecular weight is 340 g/mol. The van der Waals surface area contributed by atoms with E-state index in [1.165, 1.54) is 11.1 Å². The minimum Gasteiger partial charge on any atom is -0.462 e. The third-order valence-corrected chi connectivity index (χ3v) is 3.97. The number of anilines is 2. The first-order chi connectivity index (χ1) is 12.0. The van der Waals surface area contributed by atoms with Gasteiger partial charge in [0.05, 0.1) is 17.9 Å². The minimum absolute atomic E-state index is 0.158. The van der Waals surface area contributed by atoms with Gasteiger partial charge in [0, 0.05) is 18.7 Å². The van der Waals surface area contributed by atoms with Crippen molar-refractivity contribution in [3.63, 3.8) is 0 Å². The van der Waals surface area contributed by atoms with Crippen LogP contribution in [0.15, 0.2) is 42.5 Å². The second-order valence-corrected chi connectivity index (χ2v) is 5.74. The van der Waals surface area contributed by atoms with Crippen molar-refractivity contribution in [2.75, 3.05) is 23.8 Å². The Hall–Kier alpha value is -2.82. The molecule has 5 nitrogen and oxygen atoms in total. The summed E-state index contributed by atoms with van der Waals surface area (Å²) in [6.45, 7) is 6.66. The molecule has 25 heavy (non-hydrogen) atoms. The molecule has 0 aliphatic rings. The Morgan fingerprint density at radius 1 is 1.00 bits per heavy atom. The predicted molar refractivity (Wildman–Crippen MR) is 100 cm³/mol. The van der Waals surface area contributed by atoms with Gasteiger partial charge in [-0.3, -0.25) is 4.79 Å². The highest BCUT2D eigenvalue weighted by atomic mass is 16.5. The van der Waals surface area contributed by atoms with Crippen LogP contribution in [0.4, 0.5) is 11.4 Å². The standard InChI is InChI=1S/C20H24N2O3/c1-4-25-20(24)16-9-5-6-10-18(16)22-19(23)12-13-21-17-11-7-8-14(2)15(17)3/h5-11,21H,4,12-13H2,1-3H3,(H,22,23). The molecule has 2 aromatic carbocycles. The zero-order valence-corrected chi connectivity index (χ0v) is 14.9. The van der Waals surface area contributed by atoms with Crippen LogP contribution in [-0.4, -0.2) is 25.0 Å². The van der Waals surface area contributed by atoms with Crippen LogP contribution in [0.3, 0.4) is 0 Å². The number of esters is 1. The van der Waals surface area contributed by atoms with E-state index in [2.05, 4.69) is 23.6 Å². The Labute approximate surface area is 148 Å². The molecular formula is C20H24N2O3. The molecule has 2 aromatic rings. The van der Waals surface area contributed by atoms with Gasteiger partial charge >= 0.3 is 5.97 Å². The average Bonchev–Trinajstić information content (AvgIpc) is 2.59. The van der Waals surface area contributed by atoms with Gasteiger partial charge in [-0.15, -0.1) is 0 Å². The van der Waals surface area contributed by atoms with E-state index in [9.17, 15) is 9.59 Å². The summed E-state index contributed by atoms with van der Waals surface area (Å²) >= 11 is 0. The van der Waals surface area contributed by atoms with Crippen LogP contribution in [0.1, 0.15) is 34.8 Å². The molecule has 2 N–H and O–H groups in total. The Bertz CT molecular complexity index is 756. The first kappa shape index (κ1) is 18.5. The quantitative estimate of drug-likeness (QED) is 0.750. The molecule has 0 unspecified atom stereocenters. The third-order valence-electron chi connectivity index (χ3n) is 3.97. The van der Waals surface area contributed by atoms with Crippen LogP contribution in [0.2, 0.25) is 0 Å². The lowest BCUT2D eigenvalue weighted by molar-refractivity contribution is -0.115. The molecule has 0 spiro atoms. The van der Waals surface area contributed by atoms with Gasteiger partial charge in [0.25, 0.3) is 0 Å². The van der Waals surface area contributed by atoms with Crippen molar-refractivity contribution in [1.29, 1.82) is 0 Å². The molecule has 0 heterocycles. The molecule has 0 aliphatic carbocycles. The summed E-state index contributed by atoms with van der Waals surface area (Å²) in [5.74, 6) is -0.596. The van der Waals surface area contributed by atoms with E-state index < -0.39 is 5.97 Å². The zero-order chi connectivity index (χ0) is 18.2. The fraction of sp³-hybridized carbons (Fsp3) is 0.300. The molecule has 132 valence electrons. The lowest BCUT2D eigenvalue weighted by Crippen LogP contribution is -2.18. The highest BCUT2D eigenvalue weighted by Crippen LogP contribution is 2.18. The molecule has 0 radical (unpaired) electrons. The van der Waals surface area contributed by atoms with Crippen LogP contribution in [0.5, 0.6) is 0 Å². The fourth-order valence-electron chi connectivity index (χ4n) is 2.44. The second kappa shape index (κ2) is 8.87. The van der Waals surface area contributed by atoms with Crippen molar-refractivity contribution in [3.8, 4) is 0 Å². The molecule has 0 fully saturated rings. The largest absolute Gasteiger partial charge is 0.462 e. The number of para-hydroxylation sites is 1. The van der Waals surface area contributed by atoms with Crippen LogP contribution < -0.4 is 10.6 Å². The Kier molecular flexibility index (Phi) is 6.57. The van der Waals surface area contributed by atoms with E-state index in [0.717, 1.165) is 5.69 Å². The van der Waals surface area contributed by atoms with E-state index in [-0.39, 0.29) is 5.91 Å². The molecule has 2 rings (SSSR count). The number of hydrogen-bond acceptors (Lipinski definition) is 4. The molecule has 0 atom stereocenters. The molecule has 0 bridgehead atoms. The van der Waals surface area contributed by atoms with Crippen molar-refractivity contribution in [1.82, 2.24) is 0 Å². The number of nitrogens with one attached hydrogen (secondary N) is 2. The topological polar surface area (TPSA) is 67.4 Å². The lowest BCUT2D eigenvalue weighted by atomic mass is 10.1. The normalized spacial score (nSPS) is 10.2. The molecule has 0 saturated heterocycles. The summed E-state index contributed by atoms with van der Waals surface area (Å²) in [4.78, 5) is 24.1. The first-order valence-electron chi connectivity index (χ1n) is 8.39. The Morgan fingerprint density at radius 3 is 2.48 bits per heavy atom. The highest BCUT2D eigenvalue weighted by molar-refractivity contribution is 6.01. The summed E-state index contributed by atoms with van der Waals surface area (Å²) in [5.41, 5.74) is 4.24. The lowest BCUT2D eigenvalue weighted by Gasteiger charge is -2.12. The van der Waals surface area contributed by atoms with Gasteiger partial charge in [-0.1, -0.05) is 24.3 Å². The number of hydrogen-bond donors (Lipinski definition) is 2. The monoisotopic (exact) mass is 340 g/mol. The predicted octanol–water partition coefficient (Wildman–Crippen LogP) is 3.92. The van der Waals surface area contributed by atoms with Crippen molar-refractivity contribution in [2.24, 2.45) is 0 Å². The van der Waals surface area contributed by atoms with E-state index in [1.54, 1.807) is 31.2 Å². The molecule has 0 aliphatic heterocycles. The Balaban J connectivity index is 1.93. The van der Waals surface area contributed by atoms with E-state index in [4.69, 9.17) is 4.74 Å². The summed E-state index contributed by atoms with van der Waals surface area (Å²) in [5, 5.41) is 6.06. The number of rotatable bonds is 7. The van der Waals surface area contributed by atoms with Crippen molar-refractivity contribution >= 4 is 23.3 Å². The van der Waals surface area contributed by atoms with Gasteiger partial charge in [0.1, 0.15) is 0 Å². The van der Waals surface area contributed by atoms with Gasteiger partial charge in [-0.25, -0.2) is 4.79 Å². The SMILES string of the molecule is CCOC(=O)c1ccccc1NC(=O)CCNc1cccc(C)c1C. The molecule has 1 amide bonds. The van der Waals surface area contributed by atoms with Crippen LogP contribution in [0.25, 0.3) is 0 Å². The number of ether oxygens (including phenoxy) is 1. The van der Waals surface area contributed by atoms with Crippen LogP contribution in [-0.2, 0) is 9.53 Å².